The molecular weight excluding hydrogens is 250 g/mol. The van der Waals surface area contributed by atoms with Crippen LogP contribution in [0.5, 0.6) is 5.75 Å². The molecule has 0 saturated heterocycles. The summed E-state index contributed by atoms with van der Waals surface area (Å²) < 4.78 is 5.36. The number of rotatable bonds is 6. The Bertz CT molecular complexity index is 528. The Hall–Kier alpha value is -1.84. The molecule has 0 bridgehead atoms. The SMILES string of the molecule is COc1ccccc1C(C)NCC(O)c1ccccc1. The van der Waals surface area contributed by atoms with Gasteiger partial charge in [-0.15, -0.1) is 0 Å². The van der Waals surface area contributed by atoms with Crippen molar-refractivity contribution in [1.82, 2.24) is 5.32 Å². The van der Waals surface area contributed by atoms with Crippen molar-refractivity contribution < 1.29 is 9.84 Å². The van der Waals surface area contributed by atoms with Crippen LogP contribution in [0, 0.1) is 0 Å². The van der Waals surface area contributed by atoms with E-state index in [1.165, 1.54) is 0 Å². The summed E-state index contributed by atoms with van der Waals surface area (Å²) in [6, 6.07) is 17.7. The highest BCUT2D eigenvalue weighted by molar-refractivity contribution is 5.35. The summed E-state index contributed by atoms with van der Waals surface area (Å²) in [4.78, 5) is 0. The van der Waals surface area contributed by atoms with Crippen LogP contribution >= 0.6 is 0 Å². The van der Waals surface area contributed by atoms with Crippen LogP contribution in [0.1, 0.15) is 30.2 Å². The first kappa shape index (κ1) is 14.6. The van der Waals surface area contributed by atoms with Crippen molar-refractivity contribution >= 4 is 0 Å². The standard InChI is InChI=1S/C17H21NO2/c1-13(15-10-6-7-11-17(15)20-2)18-12-16(19)14-8-4-3-5-9-14/h3-11,13,16,18-19H,12H2,1-2H3. The van der Waals surface area contributed by atoms with Crippen LogP contribution in [-0.2, 0) is 0 Å². The van der Waals surface area contributed by atoms with E-state index in [1.807, 2.05) is 54.6 Å². The lowest BCUT2D eigenvalue weighted by atomic mass is 10.1. The van der Waals surface area contributed by atoms with Crippen LogP contribution in [0.2, 0.25) is 0 Å². The maximum Gasteiger partial charge on any atom is 0.123 e. The Balaban J connectivity index is 1.97. The van der Waals surface area contributed by atoms with Gasteiger partial charge in [-0.25, -0.2) is 0 Å². The second kappa shape index (κ2) is 7.08. The van der Waals surface area contributed by atoms with Crippen LogP contribution < -0.4 is 10.1 Å². The summed E-state index contributed by atoms with van der Waals surface area (Å²) in [5, 5.41) is 13.5. The highest BCUT2D eigenvalue weighted by atomic mass is 16.5. The number of hydrogen-bond acceptors (Lipinski definition) is 3. The molecule has 0 amide bonds. The van der Waals surface area contributed by atoms with Gasteiger partial charge in [0.1, 0.15) is 5.75 Å². The van der Waals surface area contributed by atoms with E-state index in [0.717, 1.165) is 16.9 Å². The summed E-state index contributed by atoms with van der Waals surface area (Å²) >= 11 is 0. The minimum absolute atomic E-state index is 0.115. The second-order valence-corrected chi connectivity index (χ2v) is 4.80. The molecule has 2 unspecified atom stereocenters. The van der Waals surface area contributed by atoms with Crippen LogP contribution in [-0.4, -0.2) is 18.8 Å². The maximum atomic E-state index is 10.1. The van der Waals surface area contributed by atoms with Gasteiger partial charge >= 0.3 is 0 Å². The van der Waals surface area contributed by atoms with E-state index in [9.17, 15) is 5.11 Å². The van der Waals surface area contributed by atoms with Gasteiger partial charge in [0, 0.05) is 18.2 Å². The molecule has 0 aliphatic heterocycles. The van der Waals surface area contributed by atoms with Crippen molar-refractivity contribution in [3.63, 3.8) is 0 Å². The number of para-hydroxylation sites is 1. The van der Waals surface area contributed by atoms with Gasteiger partial charge in [0.15, 0.2) is 0 Å². The number of ether oxygens (including phenoxy) is 1. The number of benzene rings is 2. The molecule has 3 heteroatoms. The van der Waals surface area contributed by atoms with Crippen LogP contribution in [0.25, 0.3) is 0 Å². The molecule has 0 saturated carbocycles. The number of nitrogens with one attached hydrogen (secondary N) is 1. The first-order valence-corrected chi connectivity index (χ1v) is 6.81. The molecule has 20 heavy (non-hydrogen) atoms. The molecule has 0 aliphatic rings. The van der Waals surface area contributed by atoms with E-state index in [2.05, 4.69) is 12.2 Å². The first-order chi connectivity index (χ1) is 9.72. The van der Waals surface area contributed by atoms with Gasteiger partial charge in [-0.2, -0.15) is 0 Å². The van der Waals surface area contributed by atoms with Gasteiger partial charge in [-0.05, 0) is 18.6 Å². The first-order valence-electron chi connectivity index (χ1n) is 6.81. The van der Waals surface area contributed by atoms with E-state index in [1.54, 1.807) is 7.11 Å². The van der Waals surface area contributed by atoms with Crippen LogP contribution in [0.15, 0.2) is 54.6 Å². The minimum Gasteiger partial charge on any atom is -0.496 e. The van der Waals surface area contributed by atoms with Crippen molar-refractivity contribution in [3.8, 4) is 5.75 Å². The number of methoxy groups -OCH3 is 1. The lowest BCUT2D eigenvalue weighted by molar-refractivity contribution is 0.170. The van der Waals surface area contributed by atoms with Crippen molar-refractivity contribution in [1.29, 1.82) is 0 Å². The predicted molar refractivity (Wildman–Crippen MR) is 80.8 cm³/mol. The Morgan fingerprint density at radius 1 is 1.05 bits per heavy atom. The Morgan fingerprint density at radius 3 is 2.40 bits per heavy atom. The normalized spacial score (nSPS) is 13.8. The van der Waals surface area contributed by atoms with Gasteiger partial charge in [-0.3, -0.25) is 0 Å². The predicted octanol–water partition coefficient (Wildman–Crippen LogP) is 3.08. The van der Waals surface area contributed by atoms with E-state index in [-0.39, 0.29) is 6.04 Å². The van der Waals surface area contributed by atoms with E-state index >= 15 is 0 Å². The van der Waals surface area contributed by atoms with Crippen molar-refractivity contribution in [3.05, 3.63) is 65.7 Å². The summed E-state index contributed by atoms with van der Waals surface area (Å²) in [5.74, 6) is 0.863. The molecule has 0 fully saturated rings. The molecule has 2 N–H and O–H groups in total. The largest absolute Gasteiger partial charge is 0.496 e. The molecule has 106 valence electrons. The monoisotopic (exact) mass is 271 g/mol. The summed E-state index contributed by atoms with van der Waals surface area (Å²) in [6.07, 6.45) is -0.506. The molecule has 2 aromatic rings. The molecule has 0 spiro atoms. The molecule has 3 nitrogen and oxygen atoms in total. The summed E-state index contributed by atoms with van der Waals surface area (Å²) in [7, 11) is 1.67. The number of aliphatic hydroxyl groups is 1. The Kier molecular flexibility index (Phi) is 5.16. The molecule has 2 rings (SSSR count). The zero-order chi connectivity index (χ0) is 14.4. The van der Waals surface area contributed by atoms with Gasteiger partial charge in [0.25, 0.3) is 0 Å². The molecule has 0 radical (unpaired) electrons. The van der Waals surface area contributed by atoms with Crippen LogP contribution in [0.3, 0.4) is 0 Å². The summed E-state index contributed by atoms with van der Waals surface area (Å²) in [5.41, 5.74) is 2.02. The van der Waals surface area contributed by atoms with Gasteiger partial charge < -0.3 is 15.2 Å². The third-order valence-electron chi connectivity index (χ3n) is 3.41. The molecular formula is C17H21NO2. The van der Waals surface area contributed by atoms with E-state index in [4.69, 9.17) is 4.74 Å². The maximum absolute atomic E-state index is 10.1. The van der Waals surface area contributed by atoms with E-state index < -0.39 is 6.10 Å². The molecule has 0 aliphatic carbocycles. The number of aliphatic hydroxyl groups excluding tert-OH is 1. The zero-order valence-electron chi connectivity index (χ0n) is 11.9. The van der Waals surface area contributed by atoms with Crippen molar-refractivity contribution in [2.45, 2.75) is 19.1 Å². The van der Waals surface area contributed by atoms with Gasteiger partial charge in [0.05, 0.1) is 13.2 Å². The minimum atomic E-state index is -0.506. The van der Waals surface area contributed by atoms with Crippen LogP contribution in [0.4, 0.5) is 0 Å². The quantitative estimate of drug-likeness (QED) is 0.848. The average Bonchev–Trinajstić information content (AvgIpc) is 2.53. The Labute approximate surface area is 120 Å². The highest BCUT2D eigenvalue weighted by Crippen LogP contribution is 2.24. The fourth-order valence-corrected chi connectivity index (χ4v) is 2.22. The zero-order valence-corrected chi connectivity index (χ0v) is 11.9. The molecule has 2 atom stereocenters. The second-order valence-electron chi connectivity index (χ2n) is 4.80. The van der Waals surface area contributed by atoms with E-state index in [0.29, 0.717) is 6.54 Å². The fraction of sp³-hybridized carbons (Fsp3) is 0.294. The molecule has 2 aromatic carbocycles. The molecule has 0 aromatic heterocycles. The van der Waals surface area contributed by atoms with Gasteiger partial charge in [-0.1, -0.05) is 48.5 Å². The smallest absolute Gasteiger partial charge is 0.123 e. The third-order valence-corrected chi connectivity index (χ3v) is 3.41. The van der Waals surface area contributed by atoms with Gasteiger partial charge in [0.2, 0.25) is 0 Å². The Morgan fingerprint density at radius 2 is 1.70 bits per heavy atom. The lowest BCUT2D eigenvalue weighted by Gasteiger charge is -2.19. The van der Waals surface area contributed by atoms with Crippen molar-refractivity contribution in [2.24, 2.45) is 0 Å². The highest BCUT2D eigenvalue weighted by Gasteiger charge is 2.13. The third kappa shape index (κ3) is 3.59. The fourth-order valence-electron chi connectivity index (χ4n) is 2.22. The average molecular weight is 271 g/mol. The van der Waals surface area contributed by atoms with Crippen molar-refractivity contribution in [2.75, 3.05) is 13.7 Å². The summed E-state index contributed by atoms with van der Waals surface area (Å²) in [6.45, 7) is 2.57. The lowest BCUT2D eigenvalue weighted by Crippen LogP contribution is -2.25. The number of hydrogen-bond donors (Lipinski definition) is 2. The topological polar surface area (TPSA) is 41.5 Å². The molecule has 0 heterocycles.